The van der Waals surface area contributed by atoms with Gasteiger partial charge in [0.05, 0.1) is 10.8 Å². The molecule has 0 aliphatic carbocycles. The largest absolute Gasteiger partial charge is 0.416 e. The molecule has 9 heteroatoms. The molecule has 3 rings (SSSR count). The third-order valence-electron chi connectivity index (χ3n) is 3.81. The Bertz CT molecular complexity index is 971. The summed E-state index contributed by atoms with van der Waals surface area (Å²) < 4.78 is 43.9. The average Bonchev–Trinajstić information content (AvgIpc) is 3.10. The van der Waals surface area contributed by atoms with Gasteiger partial charge in [-0.25, -0.2) is 0 Å². The van der Waals surface area contributed by atoms with E-state index in [1.165, 1.54) is 12.1 Å². The summed E-state index contributed by atoms with van der Waals surface area (Å²) in [7, 11) is 0. The van der Waals surface area contributed by atoms with Crippen LogP contribution in [0.25, 0.3) is 11.5 Å². The standard InChI is InChI=1S/C19H16F3N3O2S/c1-11-6-8-13(9-7-11)17-24-25-18(27-17)28-12(2)16(26)23-15-5-3-4-14(10-15)19(20,21)22/h3-10,12H,1-2H3,(H,23,26)/t12-/m1/s1. The molecular weight excluding hydrogens is 391 g/mol. The molecule has 0 aliphatic rings. The molecule has 28 heavy (non-hydrogen) atoms. The van der Waals surface area contributed by atoms with Crippen LogP contribution >= 0.6 is 11.8 Å². The highest BCUT2D eigenvalue weighted by atomic mass is 32.2. The smallest absolute Gasteiger partial charge is 0.411 e. The van der Waals surface area contributed by atoms with Gasteiger partial charge in [-0.1, -0.05) is 35.5 Å². The average molecular weight is 407 g/mol. The van der Waals surface area contributed by atoms with Crippen molar-refractivity contribution in [3.05, 3.63) is 59.7 Å². The molecule has 146 valence electrons. The number of aromatic nitrogens is 2. The van der Waals surface area contributed by atoms with E-state index in [4.69, 9.17) is 4.42 Å². The highest BCUT2D eigenvalue weighted by Gasteiger charge is 2.30. The molecule has 0 saturated heterocycles. The Hall–Kier alpha value is -2.81. The van der Waals surface area contributed by atoms with Crippen molar-refractivity contribution in [3.8, 4) is 11.5 Å². The molecule has 3 aromatic rings. The van der Waals surface area contributed by atoms with E-state index in [1.54, 1.807) is 6.92 Å². The number of anilines is 1. The van der Waals surface area contributed by atoms with Crippen LogP contribution in [0, 0.1) is 6.92 Å². The second kappa shape index (κ2) is 8.05. The van der Waals surface area contributed by atoms with Crippen LogP contribution in [0.2, 0.25) is 0 Å². The van der Waals surface area contributed by atoms with Crippen molar-refractivity contribution in [1.29, 1.82) is 0 Å². The van der Waals surface area contributed by atoms with Gasteiger partial charge < -0.3 is 9.73 Å². The molecule has 0 saturated carbocycles. The lowest BCUT2D eigenvalue weighted by molar-refractivity contribution is -0.137. The van der Waals surface area contributed by atoms with Gasteiger partial charge in [-0.2, -0.15) is 13.2 Å². The van der Waals surface area contributed by atoms with Gasteiger partial charge in [0.25, 0.3) is 5.22 Å². The summed E-state index contributed by atoms with van der Waals surface area (Å²) in [5, 5.41) is 9.88. The lowest BCUT2D eigenvalue weighted by Gasteiger charge is -2.12. The van der Waals surface area contributed by atoms with Gasteiger partial charge in [0.15, 0.2) is 0 Å². The van der Waals surface area contributed by atoms with Gasteiger partial charge >= 0.3 is 6.18 Å². The number of aryl methyl sites for hydroxylation is 1. The Morgan fingerprint density at radius 2 is 1.86 bits per heavy atom. The first kappa shape index (κ1) is 19.9. The predicted octanol–water partition coefficient (Wildman–Crippen LogP) is 5.18. The number of rotatable bonds is 5. The molecule has 1 aromatic heterocycles. The number of amides is 1. The van der Waals surface area contributed by atoms with E-state index in [-0.39, 0.29) is 10.9 Å². The first-order valence-corrected chi connectivity index (χ1v) is 9.15. The topological polar surface area (TPSA) is 68.0 Å². The summed E-state index contributed by atoms with van der Waals surface area (Å²) in [5.41, 5.74) is 1.09. The van der Waals surface area contributed by atoms with Gasteiger partial charge in [-0.3, -0.25) is 4.79 Å². The summed E-state index contributed by atoms with van der Waals surface area (Å²) in [6.07, 6.45) is -4.47. The van der Waals surface area contributed by atoms with Gasteiger partial charge in [0.1, 0.15) is 0 Å². The zero-order chi connectivity index (χ0) is 20.3. The van der Waals surface area contributed by atoms with Crippen molar-refractivity contribution in [2.45, 2.75) is 30.5 Å². The van der Waals surface area contributed by atoms with Crippen LogP contribution in [0.1, 0.15) is 18.1 Å². The van der Waals surface area contributed by atoms with Crippen LogP contribution in [-0.4, -0.2) is 21.4 Å². The molecule has 1 heterocycles. The van der Waals surface area contributed by atoms with Gasteiger partial charge in [0.2, 0.25) is 11.8 Å². The van der Waals surface area contributed by atoms with Gasteiger partial charge in [-0.15, -0.1) is 10.2 Å². The summed E-state index contributed by atoms with van der Waals surface area (Å²) in [6.45, 7) is 3.56. The van der Waals surface area contributed by atoms with Crippen LogP contribution in [0.5, 0.6) is 0 Å². The Morgan fingerprint density at radius 3 is 2.54 bits per heavy atom. The van der Waals surface area contributed by atoms with Crippen molar-refractivity contribution in [2.24, 2.45) is 0 Å². The minimum Gasteiger partial charge on any atom is -0.411 e. The van der Waals surface area contributed by atoms with E-state index in [0.29, 0.717) is 5.89 Å². The van der Waals surface area contributed by atoms with E-state index < -0.39 is 22.9 Å². The van der Waals surface area contributed by atoms with E-state index >= 15 is 0 Å². The number of nitrogens with zero attached hydrogens (tertiary/aromatic N) is 2. The van der Waals surface area contributed by atoms with Crippen molar-refractivity contribution in [3.63, 3.8) is 0 Å². The molecular formula is C19H16F3N3O2S. The summed E-state index contributed by atoms with van der Waals surface area (Å²) >= 11 is 1.02. The van der Waals surface area contributed by atoms with Crippen LogP contribution in [0.4, 0.5) is 18.9 Å². The fraction of sp³-hybridized carbons (Fsp3) is 0.211. The molecule has 5 nitrogen and oxygen atoms in total. The van der Waals surface area contributed by atoms with E-state index in [1.807, 2.05) is 31.2 Å². The number of benzene rings is 2. The number of thioether (sulfide) groups is 1. The molecule has 0 radical (unpaired) electrons. The number of alkyl halides is 3. The fourth-order valence-electron chi connectivity index (χ4n) is 2.29. The zero-order valence-corrected chi connectivity index (χ0v) is 15.8. The van der Waals surface area contributed by atoms with Crippen LogP contribution < -0.4 is 5.32 Å². The first-order chi connectivity index (χ1) is 13.2. The van der Waals surface area contributed by atoms with Gasteiger partial charge in [0, 0.05) is 11.3 Å². The van der Waals surface area contributed by atoms with Crippen LogP contribution in [0.15, 0.2) is 58.2 Å². The minimum absolute atomic E-state index is 0.0677. The summed E-state index contributed by atoms with van der Waals surface area (Å²) in [5.74, 6) is -0.146. The second-order valence-corrected chi connectivity index (χ2v) is 7.36. The molecule has 2 aromatic carbocycles. The highest BCUT2D eigenvalue weighted by molar-refractivity contribution is 8.00. The number of hydrogen-bond acceptors (Lipinski definition) is 5. The Balaban J connectivity index is 1.64. The van der Waals surface area contributed by atoms with E-state index in [9.17, 15) is 18.0 Å². The van der Waals surface area contributed by atoms with Crippen molar-refractivity contribution < 1.29 is 22.4 Å². The van der Waals surface area contributed by atoms with E-state index in [0.717, 1.165) is 35.0 Å². The van der Waals surface area contributed by atoms with Crippen molar-refractivity contribution in [2.75, 3.05) is 5.32 Å². The Kier molecular flexibility index (Phi) is 5.73. The SMILES string of the molecule is Cc1ccc(-c2nnc(S[C@H](C)C(=O)Nc3cccc(C(F)(F)F)c3)o2)cc1. The lowest BCUT2D eigenvalue weighted by Crippen LogP contribution is -2.22. The van der Waals surface area contributed by atoms with Crippen LogP contribution in [-0.2, 0) is 11.0 Å². The molecule has 1 N–H and O–H groups in total. The number of nitrogens with one attached hydrogen (secondary N) is 1. The lowest BCUT2D eigenvalue weighted by atomic mass is 10.1. The first-order valence-electron chi connectivity index (χ1n) is 8.28. The Labute approximate surface area is 163 Å². The fourth-order valence-corrected chi connectivity index (χ4v) is 2.98. The number of halogens is 3. The third kappa shape index (κ3) is 4.92. The van der Waals surface area contributed by atoms with Crippen LogP contribution in [0.3, 0.4) is 0 Å². The molecule has 0 aliphatic heterocycles. The van der Waals surface area contributed by atoms with Crippen molar-refractivity contribution >= 4 is 23.4 Å². The predicted molar refractivity (Wildman–Crippen MR) is 99.9 cm³/mol. The maximum Gasteiger partial charge on any atom is 0.416 e. The molecule has 0 spiro atoms. The summed E-state index contributed by atoms with van der Waals surface area (Å²) in [4.78, 5) is 12.3. The highest BCUT2D eigenvalue weighted by Crippen LogP contribution is 2.31. The number of carbonyl (C=O) groups excluding carboxylic acids is 1. The zero-order valence-electron chi connectivity index (χ0n) is 14.9. The Morgan fingerprint density at radius 1 is 1.14 bits per heavy atom. The minimum atomic E-state index is -4.47. The molecule has 1 atom stereocenters. The molecule has 0 bridgehead atoms. The maximum absolute atomic E-state index is 12.8. The number of carbonyl (C=O) groups is 1. The quantitative estimate of drug-likeness (QED) is 0.590. The maximum atomic E-state index is 12.8. The monoisotopic (exact) mass is 407 g/mol. The van der Waals surface area contributed by atoms with Crippen molar-refractivity contribution in [1.82, 2.24) is 10.2 Å². The molecule has 0 fully saturated rings. The number of hydrogen-bond donors (Lipinski definition) is 1. The summed E-state index contributed by atoms with van der Waals surface area (Å²) in [6, 6.07) is 12.0. The molecule has 1 amide bonds. The third-order valence-corrected chi connectivity index (χ3v) is 4.74. The normalized spacial score (nSPS) is 12.6. The second-order valence-electron chi connectivity index (χ2n) is 6.07. The molecule has 0 unspecified atom stereocenters. The van der Waals surface area contributed by atoms with E-state index in [2.05, 4.69) is 15.5 Å². The van der Waals surface area contributed by atoms with Gasteiger partial charge in [-0.05, 0) is 44.2 Å².